The SMILES string of the molecule is C=C/C=C\C1=C(C)OCC1. The Bertz CT molecular complexity index is 187. The molecule has 0 unspecified atom stereocenters. The highest BCUT2D eigenvalue weighted by Gasteiger charge is 2.07. The highest BCUT2D eigenvalue weighted by atomic mass is 16.5. The maximum atomic E-state index is 5.26. The summed E-state index contributed by atoms with van der Waals surface area (Å²) in [5.41, 5.74) is 1.29. The zero-order chi connectivity index (χ0) is 7.40. The van der Waals surface area contributed by atoms with Gasteiger partial charge in [-0.1, -0.05) is 24.8 Å². The molecule has 0 fully saturated rings. The van der Waals surface area contributed by atoms with E-state index in [0.29, 0.717) is 0 Å². The molecule has 10 heavy (non-hydrogen) atoms. The summed E-state index contributed by atoms with van der Waals surface area (Å²) in [6, 6.07) is 0. The first kappa shape index (κ1) is 7.13. The zero-order valence-corrected chi connectivity index (χ0v) is 6.26. The highest BCUT2D eigenvalue weighted by molar-refractivity contribution is 5.26. The molecule has 1 heterocycles. The molecule has 54 valence electrons. The molecule has 1 heteroatoms. The Labute approximate surface area is 61.7 Å². The lowest BCUT2D eigenvalue weighted by molar-refractivity contribution is 0.246. The van der Waals surface area contributed by atoms with Crippen LogP contribution < -0.4 is 0 Å². The van der Waals surface area contributed by atoms with E-state index in [0.717, 1.165) is 18.8 Å². The Morgan fingerprint density at radius 3 is 2.90 bits per heavy atom. The van der Waals surface area contributed by atoms with Gasteiger partial charge in [0.1, 0.15) is 0 Å². The monoisotopic (exact) mass is 136 g/mol. The van der Waals surface area contributed by atoms with Gasteiger partial charge in [0.15, 0.2) is 0 Å². The molecule has 0 atom stereocenters. The summed E-state index contributed by atoms with van der Waals surface area (Å²) in [6.07, 6.45) is 6.80. The van der Waals surface area contributed by atoms with Crippen LogP contribution in [-0.4, -0.2) is 6.61 Å². The lowest BCUT2D eigenvalue weighted by atomic mass is 10.2. The Morgan fingerprint density at radius 2 is 2.40 bits per heavy atom. The van der Waals surface area contributed by atoms with Gasteiger partial charge in [0, 0.05) is 6.42 Å². The average Bonchev–Trinajstić information content (AvgIpc) is 2.31. The van der Waals surface area contributed by atoms with Crippen molar-refractivity contribution < 1.29 is 4.74 Å². The molecule has 0 saturated carbocycles. The maximum absolute atomic E-state index is 5.26. The van der Waals surface area contributed by atoms with E-state index >= 15 is 0 Å². The average molecular weight is 136 g/mol. The predicted octanol–water partition coefficient (Wildman–Crippen LogP) is 2.42. The second-order valence-corrected chi connectivity index (χ2v) is 2.27. The number of hydrogen-bond acceptors (Lipinski definition) is 1. The first-order valence-electron chi connectivity index (χ1n) is 3.46. The van der Waals surface area contributed by atoms with Gasteiger partial charge >= 0.3 is 0 Å². The molecule has 0 spiro atoms. The molecule has 0 bridgehead atoms. The van der Waals surface area contributed by atoms with Gasteiger partial charge in [0.05, 0.1) is 12.4 Å². The van der Waals surface area contributed by atoms with E-state index in [2.05, 4.69) is 12.7 Å². The number of rotatable bonds is 2. The van der Waals surface area contributed by atoms with Crippen molar-refractivity contribution in [3.05, 3.63) is 36.1 Å². The molecule has 1 rings (SSSR count). The van der Waals surface area contributed by atoms with Crippen LogP contribution >= 0.6 is 0 Å². The number of ether oxygens (including phenoxy) is 1. The minimum atomic E-state index is 0.836. The normalized spacial score (nSPS) is 18.1. The van der Waals surface area contributed by atoms with Gasteiger partial charge < -0.3 is 4.74 Å². The van der Waals surface area contributed by atoms with Crippen molar-refractivity contribution in [1.29, 1.82) is 0 Å². The van der Waals surface area contributed by atoms with E-state index in [1.165, 1.54) is 5.57 Å². The minimum Gasteiger partial charge on any atom is -0.498 e. The van der Waals surface area contributed by atoms with Crippen molar-refractivity contribution in [2.45, 2.75) is 13.3 Å². The summed E-state index contributed by atoms with van der Waals surface area (Å²) in [6.45, 7) is 6.43. The van der Waals surface area contributed by atoms with Crippen LogP contribution in [0.2, 0.25) is 0 Å². The van der Waals surface area contributed by atoms with E-state index < -0.39 is 0 Å². The van der Waals surface area contributed by atoms with Crippen molar-refractivity contribution in [3.63, 3.8) is 0 Å². The van der Waals surface area contributed by atoms with Gasteiger partial charge in [-0.15, -0.1) is 0 Å². The summed E-state index contributed by atoms with van der Waals surface area (Å²) in [5, 5.41) is 0. The fourth-order valence-electron chi connectivity index (χ4n) is 0.968. The third-order valence-electron chi connectivity index (χ3n) is 1.58. The number of hydrogen-bond donors (Lipinski definition) is 0. The topological polar surface area (TPSA) is 9.23 Å². The van der Waals surface area contributed by atoms with E-state index in [1.54, 1.807) is 6.08 Å². The molecular formula is C9H12O. The third-order valence-corrected chi connectivity index (χ3v) is 1.58. The Balaban J connectivity index is 2.62. The molecule has 0 aromatic heterocycles. The lowest BCUT2D eigenvalue weighted by Gasteiger charge is -1.92. The molecule has 1 aliphatic rings. The van der Waals surface area contributed by atoms with Crippen molar-refractivity contribution >= 4 is 0 Å². The Hall–Kier alpha value is -0.980. The van der Waals surface area contributed by atoms with Crippen molar-refractivity contribution in [2.24, 2.45) is 0 Å². The van der Waals surface area contributed by atoms with Gasteiger partial charge in [0.2, 0.25) is 0 Å². The zero-order valence-electron chi connectivity index (χ0n) is 6.26. The van der Waals surface area contributed by atoms with Gasteiger partial charge in [0.25, 0.3) is 0 Å². The van der Waals surface area contributed by atoms with Crippen LogP contribution in [0.3, 0.4) is 0 Å². The first-order chi connectivity index (χ1) is 4.84. The quantitative estimate of drug-likeness (QED) is 0.530. The smallest absolute Gasteiger partial charge is 0.0962 e. The highest BCUT2D eigenvalue weighted by Crippen LogP contribution is 2.18. The van der Waals surface area contributed by atoms with Crippen LogP contribution in [-0.2, 0) is 4.74 Å². The van der Waals surface area contributed by atoms with Crippen LogP contribution in [0.25, 0.3) is 0 Å². The van der Waals surface area contributed by atoms with Gasteiger partial charge in [-0.25, -0.2) is 0 Å². The van der Waals surface area contributed by atoms with Crippen LogP contribution in [0.4, 0.5) is 0 Å². The van der Waals surface area contributed by atoms with E-state index in [1.807, 2.05) is 13.0 Å². The second kappa shape index (κ2) is 3.25. The molecule has 0 saturated heterocycles. The largest absolute Gasteiger partial charge is 0.498 e. The van der Waals surface area contributed by atoms with E-state index in [4.69, 9.17) is 4.74 Å². The summed E-state index contributed by atoms with van der Waals surface area (Å²) >= 11 is 0. The van der Waals surface area contributed by atoms with E-state index in [9.17, 15) is 0 Å². The van der Waals surface area contributed by atoms with Crippen LogP contribution in [0, 0.1) is 0 Å². The molecule has 0 radical (unpaired) electrons. The van der Waals surface area contributed by atoms with Crippen molar-refractivity contribution in [3.8, 4) is 0 Å². The number of allylic oxidation sites excluding steroid dienone is 4. The van der Waals surface area contributed by atoms with Gasteiger partial charge in [-0.05, 0) is 12.5 Å². The molecular weight excluding hydrogens is 124 g/mol. The van der Waals surface area contributed by atoms with Gasteiger partial charge in [-0.3, -0.25) is 0 Å². The summed E-state index contributed by atoms with van der Waals surface area (Å²) in [5.74, 6) is 1.05. The second-order valence-electron chi connectivity index (χ2n) is 2.27. The van der Waals surface area contributed by atoms with Crippen LogP contribution in [0.1, 0.15) is 13.3 Å². The van der Waals surface area contributed by atoms with Crippen LogP contribution in [0.15, 0.2) is 36.1 Å². The van der Waals surface area contributed by atoms with Crippen molar-refractivity contribution in [2.75, 3.05) is 6.61 Å². The summed E-state index contributed by atoms with van der Waals surface area (Å²) in [7, 11) is 0. The molecule has 0 aliphatic carbocycles. The van der Waals surface area contributed by atoms with Gasteiger partial charge in [-0.2, -0.15) is 0 Å². The maximum Gasteiger partial charge on any atom is 0.0962 e. The van der Waals surface area contributed by atoms with Crippen molar-refractivity contribution in [1.82, 2.24) is 0 Å². The molecule has 1 aliphatic heterocycles. The molecule has 0 amide bonds. The minimum absolute atomic E-state index is 0.836. The van der Waals surface area contributed by atoms with Crippen LogP contribution in [0.5, 0.6) is 0 Å². The Kier molecular flexibility index (Phi) is 2.32. The fraction of sp³-hybridized carbons (Fsp3) is 0.333. The summed E-state index contributed by atoms with van der Waals surface area (Å²) in [4.78, 5) is 0. The first-order valence-corrected chi connectivity index (χ1v) is 3.46. The van der Waals surface area contributed by atoms with E-state index in [-0.39, 0.29) is 0 Å². The standard InChI is InChI=1S/C9H12O/c1-3-4-5-9-6-7-10-8(9)2/h3-5H,1,6-7H2,2H3/b5-4-. The lowest BCUT2D eigenvalue weighted by Crippen LogP contribution is -1.76. The molecule has 0 aromatic rings. The molecule has 0 N–H and O–H groups in total. The molecule has 0 aromatic carbocycles. The third kappa shape index (κ3) is 1.50. The molecule has 1 nitrogen and oxygen atoms in total. The fourth-order valence-corrected chi connectivity index (χ4v) is 0.968. The summed E-state index contributed by atoms with van der Waals surface area (Å²) < 4.78 is 5.26. The Morgan fingerprint density at radius 1 is 1.60 bits per heavy atom. The predicted molar refractivity (Wildman–Crippen MR) is 42.6 cm³/mol.